The van der Waals surface area contributed by atoms with Crippen LogP contribution < -0.4 is 0 Å². The second-order valence-corrected chi connectivity index (χ2v) is 7.10. The van der Waals surface area contributed by atoms with E-state index in [2.05, 4.69) is 61.5 Å². The topological polar surface area (TPSA) is 0 Å². The predicted octanol–water partition coefficient (Wildman–Crippen LogP) is 5.69. The Bertz CT molecular complexity index is 577. The molecular weight excluding hydrogens is 311 g/mol. The van der Waals surface area contributed by atoms with E-state index in [0.29, 0.717) is 0 Å². The van der Waals surface area contributed by atoms with Crippen LogP contribution in [0.2, 0.25) is 0 Å². The summed E-state index contributed by atoms with van der Waals surface area (Å²) in [5.74, 6) is 0. The summed E-state index contributed by atoms with van der Waals surface area (Å²) in [5.41, 5.74) is 6.91. The standard InChI is InChI=1S/C16H14.2ClH.Ti/c1-12-9-14-7-8-15(11-16(14)10-12)13-5-3-2-4-6-13;;;/h2-8,10-11H,9H2,1H3;2*1H;/q;;;+2/p-2. The van der Waals surface area contributed by atoms with Gasteiger partial charge < -0.3 is 0 Å². The van der Waals surface area contributed by atoms with Crippen LogP contribution in [0.1, 0.15) is 18.1 Å². The number of benzene rings is 2. The molecule has 1 aliphatic carbocycles. The van der Waals surface area contributed by atoms with E-state index in [-0.39, 0.29) is 0 Å². The van der Waals surface area contributed by atoms with Gasteiger partial charge in [-0.2, -0.15) is 0 Å². The minimum atomic E-state index is -0.556. The third kappa shape index (κ3) is 3.97. The Morgan fingerprint density at radius 3 is 2.32 bits per heavy atom. The number of allylic oxidation sites excluding steroid dienone is 1. The summed E-state index contributed by atoms with van der Waals surface area (Å²) >= 11 is -0.556. The van der Waals surface area contributed by atoms with Crippen molar-refractivity contribution in [3.63, 3.8) is 0 Å². The van der Waals surface area contributed by atoms with Gasteiger partial charge in [0.15, 0.2) is 0 Å². The van der Waals surface area contributed by atoms with Gasteiger partial charge in [-0.05, 0) is 41.7 Å². The molecule has 2 aromatic rings. The van der Waals surface area contributed by atoms with Crippen LogP contribution >= 0.6 is 18.6 Å². The molecule has 0 spiro atoms. The molecule has 0 amide bonds. The van der Waals surface area contributed by atoms with Crippen molar-refractivity contribution in [2.45, 2.75) is 13.3 Å². The third-order valence-corrected chi connectivity index (χ3v) is 3.12. The fourth-order valence-corrected chi connectivity index (χ4v) is 2.32. The molecule has 0 N–H and O–H groups in total. The molecule has 96 valence electrons. The predicted molar refractivity (Wildman–Crippen MR) is 80.9 cm³/mol. The SMILES string of the molecule is CC1=Cc2cc(-c3ccccc3)ccc2C1.[Cl][Ti][Cl]. The molecule has 0 aromatic heterocycles. The Morgan fingerprint density at radius 2 is 1.63 bits per heavy atom. The first-order chi connectivity index (χ1) is 9.24. The van der Waals surface area contributed by atoms with Crippen molar-refractivity contribution >= 4 is 24.7 Å². The Hall–Kier alpha value is -0.526. The summed E-state index contributed by atoms with van der Waals surface area (Å²) in [4.78, 5) is 0. The Balaban J connectivity index is 0.000000408. The number of rotatable bonds is 1. The van der Waals surface area contributed by atoms with Crippen LogP contribution in [0.15, 0.2) is 54.1 Å². The van der Waals surface area contributed by atoms with E-state index in [4.69, 9.17) is 18.6 Å². The molecule has 0 bridgehead atoms. The van der Waals surface area contributed by atoms with Crippen LogP contribution in [-0.2, 0) is 23.5 Å². The van der Waals surface area contributed by atoms with Crippen molar-refractivity contribution in [1.29, 1.82) is 0 Å². The second-order valence-electron chi connectivity index (χ2n) is 4.52. The summed E-state index contributed by atoms with van der Waals surface area (Å²) in [5, 5.41) is 0. The first-order valence-electron chi connectivity index (χ1n) is 6.06. The van der Waals surface area contributed by atoms with Gasteiger partial charge in [0.2, 0.25) is 0 Å². The molecular formula is C16H14Cl2Ti. The molecule has 0 heterocycles. The number of hydrogen-bond acceptors (Lipinski definition) is 0. The van der Waals surface area contributed by atoms with Crippen molar-refractivity contribution in [3.05, 3.63) is 65.2 Å². The molecule has 2 aromatic carbocycles. The summed E-state index contributed by atoms with van der Waals surface area (Å²) in [6.45, 7) is 2.20. The van der Waals surface area contributed by atoms with Gasteiger partial charge in [0.05, 0.1) is 0 Å². The van der Waals surface area contributed by atoms with Crippen molar-refractivity contribution in [1.82, 2.24) is 0 Å². The molecule has 0 fully saturated rings. The van der Waals surface area contributed by atoms with Gasteiger partial charge in [0, 0.05) is 0 Å². The first-order valence-corrected chi connectivity index (χ1v) is 10.4. The summed E-state index contributed by atoms with van der Waals surface area (Å²) in [7, 11) is 9.78. The Labute approximate surface area is 131 Å². The van der Waals surface area contributed by atoms with Crippen molar-refractivity contribution in [3.8, 4) is 11.1 Å². The van der Waals surface area contributed by atoms with Crippen LogP contribution in [-0.4, -0.2) is 0 Å². The molecule has 0 saturated carbocycles. The zero-order chi connectivity index (χ0) is 13.7. The van der Waals surface area contributed by atoms with E-state index in [9.17, 15) is 0 Å². The average Bonchev–Trinajstić information content (AvgIpc) is 2.79. The van der Waals surface area contributed by atoms with E-state index in [1.807, 2.05) is 0 Å². The molecule has 19 heavy (non-hydrogen) atoms. The zero-order valence-electron chi connectivity index (χ0n) is 10.7. The molecule has 0 nitrogen and oxygen atoms in total. The van der Waals surface area contributed by atoms with Crippen LogP contribution in [0, 0.1) is 0 Å². The fourth-order valence-electron chi connectivity index (χ4n) is 2.32. The number of halogens is 2. The summed E-state index contributed by atoms with van der Waals surface area (Å²) in [6, 6.07) is 17.3. The Kier molecular flexibility index (Phi) is 5.72. The molecule has 3 rings (SSSR count). The quantitative estimate of drug-likeness (QED) is 0.591. The normalized spacial score (nSPS) is 12.1. The maximum atomic E-state index is 4.89. The van der Waals surface area contributed by atoms with Gasteiger partial charge in [0.1, 0.15) is 0 Å². The molecule has 0 atom stereocenters. The van der Waals surface area contributed by atoms with E-state index in [1.165, 1.54) is 27.8 Å². The minimum absolute atomic E-state index is 0.556. The van der Waals surface area contributed by atoms with Crippen molar-refractivity contribution < 1.29 is 17.0 Å². The van der Waals surface area contributed by atoms with Gasteiger partial charge in [-0.15, -0.1) is 0 Å². The van der Waals surface area contributed by atoms with Crippen molar-refractivity contribution in [2.75, 3.05) is 0 Å². The number of fused-ring (bicyclic) bond motifs is 1. The second kappa shape index (κ2) is 7.31. The van der Waals surface area contributed by atoms with E-state index < -0.39 is 17.0 Å². The summed E-state index contributed by atoms with van der Waals surface area (Å²) < 4.78 is 0. The number of hydrogen-bond donors (Lipinski definition) is 0. The zero-order valence-corrected chi connectivity index (χ0v) is 13.7. The van der Waals surface area contributed by atoms with Crippen molar-refractivity contribution in [2.24, 2.45) is 0 Å². The fraction of sp³-hybridized carbons (Fsp3) is 0.125. The van der Waals surface area contributed by atoms with Gasteiger partial charge in [-0.25, -0.2) is 0 Å². The van der Waals surface area contributed by atoms with Gasteiger partial charge >= 0.3 is 35.6 Å². The molecule has 3 heteroatoms. The van der Waals surface area contributed by atoms with E-state index in [0.717, 1.165) is 6.42 Å². The first kappa shape index (κ1) is 14.9. The third-order valence-electron chi connectivity index (χ3n) is 3.12. The average molecular weight is 325 g/mol. The monoisotopic (exact) mass is 324 g/mol. The van der Waals surface area contributed by atoms with E-state index >= 15 is 0 Å². The molecule has 0 radical (unpaired) electrons. The van der Waals surface area contributed by atoms with E-state index in [1.54, 1.807) is 0 Å². The van der Waals surface area contributed by atoms with Crippen LogP contribution in [0.5, 0.6) is 0 Å². The molecule has 0 saturated heterocycles. The van der Waals surface area contributed by atoms with Crippen LogP contribution in [0.25, 0.3) is 17.2 Å². The molecule has 1 aliphatic rings. The van der Waals surface area contributed by atoms with Gasteiger partial charge in [-0.1, -0.05) is 54.1 Å². The van der Waals surface area contributed by atoms with Crippen LogP contribution in [0.4, 0.5) is 0 Å². The summed E-state index contributed by atoms with van der Waals surface area (Å²) in [6.07, 6.45) is 3.41. The van der Waals surface area contributed by atoms with Crippen LogP contribution in [0.3, 0.4) is 0 Å². The van der Waals surface area contributed by atoms with Gasteiger partial charge in [0.25, 0.3) is 0 Å². The molecule has 0 unspecified atom stereocenters. The maximum absolute atomic E-state index is 4.89. The Morgan fingerprint density at radius 1 is 0.947 bits per heavy atom. The molecule has 0 aliphatic heterocycles. The van der Waals surface area contributed by atoms with Gasteiger partial charge in [-0.3, -0.25) is 0 Å².